The van der Waals surface area contributed by atoms with E-state index in [1.807, 2.05) is 6.92 Å². The highest BCUT2D eigenvalue weighted by Crippen LogP contribution is 2.17. The van der Waals surface area contributed by atoms with Gasteiger partial charge in [-0.1, -0.05) is 90.2 Å². The lowest BCUT2D eigenvalue weighted by Crippen LogP contribution is -2.21. The van der Waals surface area contributed by atoms with Gasteiger partial charge in [0.15, 0.2) is 0 Å². The Kier molecular flexibility index (Phi) is 20.4. The fourth-order valence-electron chi connectivity index (χ4n) is 3.47. The van der Waals surface area contributed by atoms with E-state index in [0.717, 1.165) is 38.5 Å². The topological polar surface area (TPSA) is 63.6 Å². The first kappa shape index (κ1) is 27.7. The van der Waals surface area contributed by atoms with Gasteiger partial charge in [-0.15, -0.1) is 0 Å². The quantitative estimate of drug-likeness (QED) is 0.121. The SMILES string of the molecule is CCCCCCCCCC/C=C/CCCCCCC(CC(=O)O)C(=O)OCCC. The van der Waals surface area contributed by atoms with E-state index in [1.54, 1.807) is 0 Å². The van der Waals surface area contributed by atoms with Crippen LogP contribution in [-0.4, -0.2) is 23.7 Å². The third-order valence-electron chi connectivity index (χ3n) is 5.27. The molecule has 0 spiro atoms. The number of allylic oxidation sites excluding steroid dienone is 2. The lowest BCUT2D eigenvalue weighted by Gasteiger charge is -2.13. The largest absolute Gasteiger partial charge is 0.481 e. The Morgan fingerprint density at radius 3 is 1.79 bits per heavy atom. The van der Waals surface area contributed by atoms with Crippen molar-refractivity contribution >= 4 is 11.9 Å². The van der Waals surface area contributed by atoms with Gasteiger partial charge in [0, 0.05) is 0 Å². The van der Waals surface area contributed by atoms with E-state index < -0.39 is 11.9 Å². The van der Waals surface area contributed by atoms with Gasteiger partial charge in [-0.3, -0.25) is 9.59 Å². The highest BCUT2D eigenvalue weighted by Gasteiger charge is 2.22. The molecule has 170 valence electrons. The predicted octanol–water partition coefficient (Wildman–Crippen LogP) is 7.46. The molecule has 1 unspecified atom stereocenters. The van der Waals surface area contributed by atoms with Crippen molar-refractivity contribution < 1.29 is 19.4 Å². The molecule has 0 saturated carbocycles. The molecule has 1 atom stereocenters. The number of hydrogen-bond acceptors (Lipinski definition) is 3. The second-order valence-corrected chi connectivity index (χ2v) is 8.19. The summed E-state index contributed by atoms with van der Waals surface area (Å²) in [5, 5.41) is 8.98. The van der Waals surface area contributed by atoms with Crippen LogP contribution in [0.2, 0.25) is 0 Å². The maximum absolute atomic E-state index is 11.9. The summed E-state index contributed by atoms with van der Waals surface area (Å²) in [5.41, 5.74) is 0. The average molecular weight is 411 g/mol. The van der Waals surface area contributed by atoms with E-state index in [0.29, 0.717) is 13.0 Å². The van der Waals surface area contributed by atoms with Gasteiger partial charge in [0.2, 0.25) is 0 Å². The van der Waals surface area contributed by atoms with Gasteiger partial charge in [0.05, 0.1) is 18.9 Å². The molecule has 4 nitrogen and oxygen atoms in total. The molecule has 0 fully saturated rings. The zero-order chi connectivity index (χ0) is 21.6. The maximum Gasteiger partial charge on any atom is 0.309 e. The van der Waals surface area contributed by atoms with Crippen LogP contribution < -0.4 is 0 Å². The van der Waals surface area contributed by atoms with Gasteiger partial charge in [-0.2, -0.15) is 0 Å². The van der Waals surface area contributed by atoms with Gasteiger partial charge >= 0.3 is 11.9 Å². The van der Waals surface area contributed by atoms with Crippen LogP contribution in [-0.2, 0) is 14.3 Å². The van der Waals surface area contributed by atoms with Crippen LogP contribution in [0, 0.1) is 5.92 Å². The van der Waals surface area contributed by atoms with Crippen LogP contribution in [0.1, 0.15) is 123 Å². The molecule has 0 saturated heterocycles. The van der Waals surface area contributed by atoms with Crippen LogP contribution in [0.5, 0.6) is 0 Å². The molecule has 0 aliphatic rings. The Bertz CT molecular complexity index is 417. The van der Waals surface area contributed by atoms with Gasteiger partial charge in [-0.25, -0.2) is 0 Å². The number of aliphatic carboxylic acids is 1. The van der Waals surface area contributed by atoms with Crippen molar-refractivity contribution in [2.45, 2.75) is 123 Å². The zero-order valence-corrected chi connectivity index (χ0v) is 19.1. The highest BCUT2D eigenvalue weighted by atomic mass is 16.5. The van der Waals surface area contributed by atoms with Crippen molar-refractivity contribution in [3.8, 4) is 0 Å². The number of rotatable bonds is 21. The number of unbranched alkanes of at least 4 members (excludes halogenated alkanes) is 12. The van der Waals surface area contributed by atoms with Crippen LogP contribution in [0.15, 0.2) is 12.2 Å². The maximum atomic E-state index is 11.9. The molecule has 0 aromatic rings. The number of carboxylic acids is 1. The van der Waals surface area contributed by atoms with Crippen molar-refractivity contribution in [3.05, 3.63) is 12.2 Å². The highest BCUT2D eigenvalue weighted by molar-refractivity contribution is 5.79. The summed E-state index contributed by atoms with van der Waals surface area (Å²) in [6.07, 6.45) is 23.4. The number of carbonyl (C=O) groups excluding carboxylic acids is 1. The average Bonchev–Trinajstić information content (AvgIpc) is 2.70. The molecule has 0 rings (SSSR count). The molecule has 0 aromatic heterocycles. The minimum absolute atomic E-state index is 0.121. The fourth-order valence-corrected chi connectivity index (χ4v) is 3.47. The van der Waals surface area contributed by atoms with Crippen molar-refractivity contribution in [2.75, 3.05) is 6.61 Å². The summed E-state index contributed by atoms with van der Waals surface area (Å²) >= 11 is 0. The molecule has 0 heterocycles. The monoisotopic (exact) mass is 410 g/mol. The number of carbonyl (C=O) groups is 2. The van der Waals surface area contributed by atoms with Crippen LogP contribution in [0.25, 0.3) is 0 Å². The summed E-state index contributed by atoms with van der Waals surface area (Å²) in [6.45, 7) is 4.57. The minimum atomic E-state index is -0.926. The van der Waals surface area contributed by atoms with Crippen molar-refractivity contribution in [1.82, 2.24) is 0 Å². The van der Waals surface area contributed by atoms with E-state index in [2.05, 4.69) is 19.1 Å². The van der Waals surface area contributed by atoms with E-state index in [1.165, 1.54) is 57.8 Å². The molecular formula is C25H46O4. The van der Waals surface area contributed by atoms with E-state index in [4.69, 9.17) is 9.84 Å². The van der Waals surface area contributed by atoms with E-state index >= 15 is 0 Å². The van der Waals surface area contributed by atoms with E-state index in [9.17, 15) is 9.59 Å². The summed E-state index contributed by atoms with van der Waals surface area (Å²) in [6, 6.07) is 0. The molecule has 4 heteroatoms. The molecule has 29 heavy (non-hydrogen) atoms. The Morgan fingerprint density at radius 1 is 0.759 bits per heavy atom. The van der Waals surface area contributed by atoms with Crippen molar-refractivity contribution in [3.63, 3.8) is 0 Å². The van der Waals surface area contributed by atoms with Gasteiger partial charge < -0.3 is 9.84 Å². The first-order valence-electron chi connectivity index (χ1n) is 12.1. The summed E-state index contributed by atoms with van der Waals surface area (Å²) in [5.74, 6) is -1.77. The van der Waals surface area contributed by atoms with Gasteiger partial charge in [0.25, 0.3) is 0 Å². The summed E-state index contributed by atoms with van der Waals surface area (Å²) in [4.78, 5) is 22.9. The molecule has 0 amide bonds. The standard InChI is InChI=1S/C25H46O4/c1-3-5-6-7-8-9-10-11-12-13-14-15-16-17-18-19-20-23(22-24(26)27)25(28)29-21-4-2/h13-14,23H,3-12,15-22H2,1-2H3,(H,26,27)/b14-13+. The van der Waals surface area contributed by atoms with Crippen LogP contribution >= 0.6 is 0 Å². The number of carboxylic acid groups (broad SMARTS) is 1. The third kappa shape index (κ3) is 19.8. The lowest BCUT2D eigenvalue weighted by atomic mass is 9.97. The Balaban J connectivity index is 3.58. The molecule has 0 bridgehead atoms. The predicted molar refractivity (Wildman–Crippen MR) is 121 cm³/mol. The molecule has 0 aliphatic heterocycles. The second-order valence-electron chi connectivity index (χ2n) is 8.19. The molecule has 0 aliphatic carbocycles. The Labute approximate surface area is 179 Å². The Hall–Kier alpha value is -1.32. The first-order chi connectivity index (χ1) is 14.1. The van der Waals surface area contributed by atoms with Gasteiger partial charge in [0.1, 0.15) is 0 Å². The minimum Gasteiger partial charge on any atom is -0.481 e. The Morgan fingerprint density at radius 2 is 1.28 bits per heavy atom. The third-order valence-corrected chi connectivity index (χ3v) is 5.27. The van der Waals surface area contributed by atoms with Crippen LogP contribution in [0.4, 0.5) is 0 Å². The molecule has 1 N–H and O–H groups in total. The smallest absolute Gasteiger partial charge is 0.309 e. The normalized spacial score (nSPS) is 12.3. The van der Waals surface area contributed by atoms with Gasteiger partial charge in [-0.05, 0) is 38.5 Å². The zero-order valence-electron chi connectivity index (χ0n) is 19.1. The molecular weight excluding hydrogens is 364 g/mol. The van der Waals surface area contributed by atoms with Crippen LogP contribution in [0.3, 0.4) is 0 Å². The van der Waals surface area contributed by atoms with E-state index in [-0.39, 0.29) is 12.4 Å². The van der Waals surface area contributed by atoms with Crippen molar-refractivity contribution in [2.24, 2.45) is 5.92 Å². The summed E-state index contributed by atoms with van der Waals surface area (Å²) in [7, 11) is 0. The molecule has 0 aromatic carbocycles. The van der Waals surface area contributed by atoms with Crippen molar-refractivity contribution in [1.29, 1.82) is 0 Å². The number of esters is 1. The molecule has 0 radical (unpaired) electrons. The number of hydrogen-bond donors (Lipinski definition) is 1. The second kappa shape index (κ2) is 21.4. The lowest BCUT2D eigenvalue weighted by molar-refractivity contribution is -0.153. The summed E-state index contributed by atoms with van der Waals surface area (Å²) < 4.78 is 5.12. The fraction of sp³-hybridized carbons (Fsp3) is 0.840. The first-order valence-corrected chi connectivity index (χ1v) is 12.1. The number of ether oxygens (including phenoxy) is 1.